The zero-order chi connectivity index (χ0) is 34.5. The van der Waals surface area contributed by atoms with E-state index in [1.54, 1.807) is 0 Å². The smallest absolute Gasteiger partial charge is 0.148 e. The molecule has 0 spiro atoms. The van der Waals surface area contributed by atoms with Crippen molar-refractivity contribution in [1.82, 2.24) is 14.4 Å². The van der Waals surface area contributed by atoms with E-state index >= 15 is 0 Å². The Hall–Kier alpha value is -6.06. The zero-order valence-corrected chi connectivity index (χ0v) is 29.1. The van der Waals surface area contributed by atoms with Crippen molar-refractivity contribution >= 4 is 77.8 Å². The molecule has 0 radical (unpaired) electrons. The molecule has 0 saturated carbocycles. The third-order valence-electron chi connectivity index (χ3n) is 10.2. The molecule has 0 fully saturated rings. The first-order chi connectivity index (χ1) is 24.4. The van der Waals surface area contributed by atoms with E-state index in [0.717, 1.165) is 78.0 Å². The van der Waals surface area contributed by atoms with Crippen LogP contribution in [0.4, 0.5) is 0 Å². The molecule has 8 rings (SSSR count). The van der Waals surface area contributed by atoms with E-state index in [0.29, 0.717) is 0 Å². The number of para-hydroxylation sites is 2. The molecule has 0 amide bonds. The minimum Gasteiger partial charge on any atom is -0.292 e. The van der Waals surface area contributed by atoms with Crippen LogP contribution in [0, 0.1) is 13.8 Å². The van der Waals surface area contributed by atoms with Gasteiger partial charge in [0.15, 0.2) is 0 Å². The number of rotatable bonds is 7. The molecule has 0 aliphatic rings. The minimum atomic E-state index is 0.913. The molecular formula is C47H39N3. The molecule has 0 aliphatic heterocycles. The van der Waals surface area contributed by atoms with Gasteiger partial charge in [-0.3, -0.25) is 9.38 Å². The molecule has 0 saturated heterocycles. The van der Waals surface area contributed by atoms with Crippen LogP contribution in [0.5, 0.6) is 0 Å². The van der Waals surface area contributed by atoms with Crippen LogP contribution in [0.2, 0.25) is 0 Å². The predicted octanol–water partition coefficient (Wildman–Crippen LogP) is 12.8. The summed E-state index contributed by atoms with van der Waals surface area (Å²) in [6.07, 6.45) is 13.8. The fraction of sp³-hybridized carbons (Fsp3) is 0.106. The summed E-state index contributed by atoms with van der Waals surface area (Å²) in [5, 5.41) is 7.00. The lowest BCUT2D eigenvalue weighted by atomic mass is 9.88. The Labute approximate surface area is 292 Å². The van der Waals surface area contributed by atoms with Crippen molar-refractivity contribution in [2.75, 3.05) is 0 Å². The first-order valence-electron chi connectivity index (χ1n) is 17.3. The molecule has 3 nitrogen and oxygen atoms in total. The van der Waals surface area contributed by atoms with Crippen molar-refractivity contribution in [2.45, 2.75) is 34.1 Å². The average molecular weight is 646 g/mol. The number of nitrogens with zero attached hydrogens (tertiary/aromatic N) is 3. The van der Waals surface area contributed by atoms with E-state index < -0.39 is 0 Å². The van der Waals surface area contributed by atoms with E-state index in [1.807, 2.05) is 24.4 Å². The normalized spacial score (nSPS) is 12.8. The lowest BCUT2D eigenvalue weighted by molar-refractivity contribution is 1.23. The number of pyridine rings is 2. The van der Waals surface area contributed by atoms with Crippen molar-refractivity contribution in [3.05, 3.63) is 168 Å². The Kier molecular flexibility index (Phi) is 7.76. The molecule has 3 heterocycles. The van der Waals surface area contributed by atoms with Gasteiger partial charge in [0.1, 0.15) is 5.65 Å². The number of allylic oxidation sites excluding steroid dienone is 6. The molecule has 0 unspecified atom stereocenters. The molecule has 0 N–H and O–H groups in total. The van der Waals surface area contributed by atoms with Crippen LogP contribution in [0.3, 0.4) is 0 Å². The maximum Gasteiger partial charge on any atom is 0.148 e. The third-order valence-corrected chi connectivity index (χ3v) is 10.2. The van der Waals surface area contributed by atoms with E-state index in [4.69, 9.17) is 9.97 Å². The van der Waals surface area contributed by atoms with E-state index in [9.17, 15) is 0 Å². The lowest BCUT2D eigenvalue weighted by Gasteiger charge is -2.16. The second-order valence-corrected chi connectivity index (χ2v) is 13.1. The topological polar surface area (TPSA) is 30.2 Å². The number of hydrogen-bond donors (Lipinski definition) is 0. The highest BCUT2D eigenvalue weighted by atomic mass is 15.0. The van der Waals surface area contributed by atoms with Crippen LogP contribution < -0.4 is 0 Å². The second-order valence-electron chi connectivity index (χ2n) is 13.1. The Morgan fingerprint density at radius 3 is 2.34 bits per heavy atom. The second kappa shape index (κ2) is 12.4. The van der Waals surface area contributed by atoms with Crippen molar-refractivity contribution < 1.29 is 0 Å². The Morgan fingerprint density at radius 1 is 0.800 bits per heavy atom. The summed E-state index contributed by atoms with van der Waals surface area (Å²) >= 11 is 0. The van der Waals surface area contributed by atoms with Gasteiger partial charge in [0.25, 0.3) is 0 Å². The number of imidazole rings is 1. The summed E-state index contributed by atoms with van der Waals surface area (Å²) in [6.45, 7) is 17.6. The SMILES string of the molecule is C=C/C(=C\C(=C)/C(C)=C/c1c(C)c(C)c(/C=C\CC)c2ccccc12)c1ccc2c3ccc4cccnc4c3c3nc4ccccc4n3c2c1. The summed E-state index contributed by atoms with van der Waals surface area (Å²) in [4.78, 5) is 9.99. The first kappa shape index (κ1) is 31.2. The molecule has 0 bridgehead atoms. The Balaban J connectivity index is 1.28. The molecule has 5 aromatic carbocycles. The van der Waals surface area contributed by atoms with Crippen molar-refractivity contribution in [2.24, 2.45) is 0 Å². The molecule has 8 aromatic rings. The summed E-state index contributed by atoms with van der Waals surface area (Å²) in [5.74, 6) is 0. The van der Waals surface area contributed by atoms with Gasteiger partial charge in [-0.15, -0.1) is 0 Å². The van der Waals surface area contributed by atoms with Crippen LogP contribution in [0.15, 0.2) is 140 Å². The quantitative estimate of drug-likeness (QED) is 0.128. The third kappa shape index (κ3) is 4.97. The maximum absolute atomic E-state index is 5.17. The van der Waals surface area contributed by atoms with Gasteiger partial charge in [-0.1, -0.05) is 111 Å². The number of fused-ring (bicyclic) bond motifs is 11. The van der Waals surface area contributed by atoms with E-state index in [2.05, 4.69) is 148 Å². The molecule has 3 heteroatoms. The first-order valence-corrected chi connectivity index (χ1v) is 17.3. The molecule has 242 valence electrons. The maximum atomic E-state index is 5.17. The van der Waals surface area contributed by atoms with Gasteiger partial charge >= 0.3 is 0 Å². The van der Waals surface area contributed by atoms with E-state index in [1.165, 1.54) is 33.0 Å². The van der Waals surface area contributed by atoms with Crippen molar-refractivity contribution in [3.8, 4) is 0 Å². The van der Waals surface area contributed by atoms with Crippen molar-refractivity contribution in [3.63, 3.8) is 0 Å². The van der Waals surface area contributed by atoms with Gasteiger partial charge in [0.05, 0.1) is 27.5 Å². The lowest BCUT2D eigenvalue weighted by Crippen LogP contribution is -1.96. The molecular weight excluding hydrogens is 607 g/mol. The summed E-state index contributed by atoms with van der Waals surface area (Å²) < 4.78 is 2.29. The van der Waals surface area contributed by atoms with Crippen LogP contribution in [-0.2, 0) is 0 Å². The molecule has 3 aromatic heterocycles. The largest absolute Gasteiger partial charge is 0.292 e. The zero-order valence-electron chi connectivity index (χ0n) is 29.1. The summed E-state index contributed by atoms with van der Waals surface area (Å²) in [6, 6.07) is 32.2. The fourth-order valence-corrected chi connectivity index (χ4v) is 7.43. The van der Waals surface area contributed by atoms with Gasteiger partial charge in [-0.2, -0.15) is 0 Å². The van der Waals surface area contributed by atoms with Crippen LogP contribution in [-0.4, -0.2) is 14.4 Å². The monoisotopic (exact) mass is 645 g/mol. The molecule has 0 atom stereocenters. The van der Waals surface area contributed by atoms with Gasteiger partial charge in [-0.25, -0.2) is 4.98 Å². The van der Waals surface area contributed by atoms with E-state index in [-0.39, 0.29) is 0 Å². The Bertz CT molecular complexity index is 2800. The minimum absolute atomic E-state index is 0.913. The number of hydrogen-bond acceptors (Lipinski definition) is 2. The molecule has 0 aliphatic carbocycles. The van der Waals surface area contributed by atoms with Crippen molar-refractivity contribution in [1.29, 1.82) is 0 Å². The number of benzene rings is 5. The highest BCUT2D eigenvalue weighted by Crippen LogP contribution is 2.38. The van der Waals surface area contributed by atoms with Gasteiger partial charge < -0.3 is 0 Å². The van der Waals surface area contributed by atoms with Crippen LogP contribution in [0.25, 0.3) is 77.8 Å². The van der Waals surface area contributed by atoms with Gasteiger partial charge in [0, 0.05) is 17.0 Å². The molecule has 50 heavy (non-hydrogen) atoms. The number of aromatic nitrogens is 3. The predicted molar refractivity (Wildman–Crippen MR) is 217 cm³/mol. The van der Waals surface area contributed by atoms with Gasteiger partial charge in [0.2, 0.25) is 0 Å². The van der Waals surface area contributed by atoms with Gasteiger partial charge in [-0.05, 0) is 118 Å². The Morgan fingerprint density at radius 2 is 1.54 bits per heavy atom. The standard InChI is InChI=1S/C47H39N3/c1-7-9-16-36-31(5)32(6)41(38-18-11-10-17-37(36)38)27-30(4)29(3)26-33(8-2)35-22-23-39-40-24-21-34-15-14-25-48-46(34)45(40)47-49-42-19-12-13-20-43(42)50(47)44(39)28-35/h8-28H,2-3,7H2,1,4-6H3/b16-9-,30-27+,33-26+. The van der Waals surface area contributed by atoms with Crippen LogP contribution >= 0.6 is 0 Å². The average Bonchev–Trinajstić information content (AvgIpc) is 3.55. The fourth-order valence-electron chi connectivity index (χ4n) is 7.43. The highest BCUT2D eigenvalue weighted by Gasteiger charge is 2.17. The highest BCUT2D eigenvalue weighted by molar-refractivity contribution is 6.22. The van der Waals surface area contributed by atoms with Crippen LogP contribution in [0.1, 0.15) is 48.1 Å². The summed E-state index contributed by atoms with van der Waals surface area (Å²) in [7, 11) is 0. The summed E-state index contributed by atoms with van der Waals surface area (Å²) in [5.41, 5.74) is 14.3.